The lowest BCUT2D eigenvalue weighted by Gasteiger charge is -2.02. The Labute approximate surface area is 106 Å². The van der Waals surface area contributed by atoms with Gasteiger partial charge in [-0.3, -0.25) is 9.48 Å². The SMILES string of the molecule is CCc1cc(CC(=O)c2ccc(N)cc2)n(C)n1. The van der Waals surface area contributed by atoms with Crippen molar-refractivity contribution in [2.75, 3.05) is 5.73 Å². The van der Waals surface area contributed by atoms with E-state index in [0.717, 1.165) is 17.8 Å². The zero-order valence-electron chi connectivity index (χ0n) is 10.7. The fraction of sp³-hybridized carbons (Fsp3) is 0.286. The van der Waals surface area contributed by atoms with Gasteiger partial charge in [-0.05, 0) is 36.8 Å². The minimum Gasteiger partial charge on any atom is -0.399 e. The van der Waals surface area contributed by atoms with Crippen LogP contribution in [-0.2, 0) is 19.9 Å². The van der Waals surface area contributed by atoms with Gasteiger partial charge in [0, 0.05) is 24.0 Å². The van der Waals surface area contributed by atoms with Crippen LogP contribution in [0.5, 0.6) is 0 Å². The number of nitrogens with zero attached hydrogens (tertiary/aromatic N) is 2. The Morgan fingerprint density at radius 2 is 2.00 bits per heavy atom. The van der Waals surface area contributed by atoms with Crippen molar-refractivity contribution in [1.82, 2.24) is 9.78 Å². The van der Waals surface area contributed by atoms with Gasteiger partial charge in [0.2, 0.25) is 0 Å². The molecule has 0 fully saturated rings. The van der Waals surface area contributed by atoms with Gasteiger partial charge in [0.1, 0.15) is 0 Å². The van der Waals surface area contributed by atoms with E-state index in [1.807, 2.05) is 20.0 Å². The number of rotatable bonds is 4. The predicted octanol–water partition coefficient (Wildman–Crippen LogP) is 1.99. The van der Waals surface area contributed by atoms with Crippen LogP contribution in [-0.4, -0.2) is 15.6 Å². The molecular formula is C14H17N3O. The summed E-state index contributed by atoms with van der Waals surface area (Å²) in [5.41, 5.74) is 8.90. The van der Waals surface area contributed by atoms with Crippen molar-refractivity contribution in [3.63, 3.8) is 0 Å². The first-order valence-corrected chi connectivity index (χ1v) is 6.00. The monoisotopic (exact) mass is 243 g/mol. The Hall–Kier alpha value is -2.10. The van der Waals surface area contributed by atoms with Crippen LogP contribution in [0.1, 0.15) is 28.7 Å². The summed E-state index contributed by atoms with van der Waals surface area (Å²) in [6.45, 7) is 2.05. The van der Waals surface area contributed by atoms with E-state index in [2.05, 4.69) is 5.10 Å². The molecule has 4 heteroatoms. The number of carbonyl (C=O) groups is 1. The molecule has 0 amide bonds. The molecule has 0 saturated heterocycles. The highest BCUT2D eigenvalue weighted by atomic mass is 16.1. The van der Waals surface area contributed by atoms with Crippen LogP contribution >= 0.6 is 0 Å². The Morgan fingerprint density at radius 3 is 2.56 bits per heavy atom. The minimum absolute atomic E-state index is 0.0839. The first-order chi connectivity index (χ1) is 8.60. The van der Waals surface area contributed by atoms with Gasteiger partial charge in [-0.25, -0.2) is 0 Å². The van der Waals surface area contributed by atoms with Crippen LogP contribution in [0, 0.1) is 0 Å². The van der Waals surface area contributed by atoms with E-state index in [1.54, 1.807) is 28.9 Å². The quantitative estimate of drug-likeness (QED) is 0.660. The summed E-state index contributed by atoms with van der Waals surface area (Å²) in [6, 6.07) is 8.99. The largest absolute Gasteiger partial charge is 0.399 e. The number of Topliss-reactive ketones (excluding diaryl/α,β-unsaturated/α-hetero) is 1. The number of hydrogen-bond donors (Lipinski definition) is 1. The lowest BCUT2D eigenvalue weighted by molar-refractivity contribution is 0.0991. The molecule has 2 N–H and O–H groups in total. The van der Waals surface area contributed by atoms with Crippen molar-refractivity contribution in [3.8, 4) is 0 Å². The molecule has 1 aromatic heterocycles. The second-order valence-electron chi connectivity index (χ2n) is 4.33. The maximum Gasteiger partial charge on any atom is 0.168 e. The number of nitrogens with two attached hydrogens (primary N) is 1. The third kappa shape index (κ3) is 2.59. The van der Waals surface area contributed by atoms with E-state index < -0.39 is 0 Å². The summed E-state index contributed by atoms with van der Waals surface area (Å²) in [6.07, 6.45) is 1.25. The van der Waals surface area contributed by atoms with Crippen molar-refractivity contribution in [2.24, 2.45) is 7.05 Å². The predicted molar refractivity (Wildman–Crippen MR) is 71.5 cm³/mol. The molecule has 0 aliphatic carbocycles. The topological polar surface area (TPSA) is 60.9 Å². The molecule has 0 saturated carbocycles. The van der Waals surface area contributed by atoms with Gasteiger partial charge >= 0.3 is 0 Å². The Balaban J connectivity index is 2.15. The number of carbonyl (C=O) groups excluding carboxylic acids is 1. The number of ketones is 1. The fourth-order valence-corrected chi connectivity index (χ4v) is 1.85. The van der Waals surface area contributed by atoms with Crippen molar-refractivity contribution in [1.29, 1.82) is 0 Å². The Kier molecular flexibility index (Phi) is 3.46. The second kappa shape index (κ2) is 5.04. The molecule has 0 bridgehead atoms. The number of anilines is 1. The number of hydrogen-bond acceptors (Lipinski definition) is 3. The standard InChI is InChI=1S/C14H17N3O/c1-3-12-8-13(17(2)16-12)9-14(18)10-4-6-11(15)7-5-10/h4-8H,3,9,15H2,1-2H3. The van der Waals surface area contributed by atoms with Crippen LogP contribution in [0.3, 0.4) is 0 Å². The van der Waals surface area contributed by atoms with Crippen molar-refractivity contribution < 1.29 is 4.79 Å². The number of aromatic nitrogens is 2. The maximum absolute atomic E-state index is 12.1. The van der Waals surface area contributed by atoms with Gasteiger partial charge in [-0.1, -0.05) is 6.92 Å². The summed E-state index contributed by atoms with van der Waals surface area (Å²) in [5, 5.41) is 4.33. The molecule has 18 heavy (non-hydrogen) atoms. The molecule has 0 aliphatic heterocycles. The second-order valence-corrected chi connectivity index (χ2v) is 4.33. The first kappa shape index (κ1) is 12.4. The Bertz CT molecular complexity index is 555. The van der Waals surface area contributed by atoms with Crippen LogP contribution in [0.2, 0.25) is 0 Å². The molecule has 2 aromatic rings. The third-order valence-electron chi connectivity index (χ3n) is 2.96. The molecular weight excluding hydrogens is 226 g/mol. The normalized spacial score (nSPS) is 10.6. The fourth-order valence-electron chi connectivity index (χ4n) is 1.85. The van der Waals surface area contributed by atoms with Crippen LogP contribution < -0.4 is 5.73 Å². The van der Waals surface area contributed by atoms with Gasteiger partial charge in [0.15, 0.2) is 5.78 Å². The minimum atomic E-state index is 0.0839. The first-order valence-electron chi connectivity index (χ1n) is 6.00. The summed E-state index contributed by atoms with van der Waals surface area (Å²) < 4.78 is 1.77. The summed E-state index contributed by atoms with van der Waals surface area (Å²) in [5.74, 6) is 0.0839. The summed E-state index contributed by atoms with van der Waals surface area (Å²) >= 11 is 0. The maximum atomic E-state index is 12.1. The van der Waals surface area contributed by atoms with Gasteiger partial charge in [0.25, 0.3) is 0 Å². The van der Waals surface area contributed by atoms with E-state index >= 15 is 0 Å². The lowest BCUT2D eigenvalue weighted by atomic mass is 10.1. The Morgan fingerprint density at radius 1 is 1.33 bits per heavy atom. The van der Waals surface area contributed by atoms with Gasteiger partial charge in [0.05, 0.1) is 12.1 Å². The van der Waals surface area contributed by atoms with Crippen molar-refractivity contribution in [3.05, 3.63) is 47.3 Å². The highest BCUT2D eigenvalue weighted by molar-refractivity contribution is 5.97. The smallest absolute Gasteiger partial charge is 0.168 e. The van der Waals surface area contributed by atoms with Gasteiger partial charge in [-0.2, -0.15) is 5.10 Å². The van der Waals surface area contributed by atoms with E-state index in [4.69, 9.17) is 5.73 Å². The zero-order valence-corrected chi connectivity index (χ0v) is 10.7. The zero-order chi connectivity index (χ0) is 13.1. The molecule has 0 radical (unpaired) electrons. The molecule has 2 rings (SSSR count). The highest BCUT2D eigenvalue weighted by Crippen LogP contribution is 2.11. The molecule has 0 atom stereocenters. The summed E-state index contributed by atoms with van der Waals surface area (Å²) in [7, 11) is 1.87. The van der Waals surface area contributed by atoms with E-state index in [0.29, 0.717) is 17.7 Å². The molecule has 0 spiro atoms. The van der Waals surface area contributed by atoms with Crippen molar-refractivity contribution >= 4 is 11.5 Å². The van der Waals surface area contributed by atoms with Gasteiger partial charge in [-0.15, -0.1) is 0 Å². The van der Waals surface area contributed by atoms with Crippen LogP contribution in [0.4, 0.5) is 5.69 Å². The molecule has 0 unspecified atom stereocenters. The average molecular weight is 243 g/mol. The number of aryl methyl sites for hydroxylation is 2. The van der Waals surface area contributed by atoms with Crippen LogP contribution in [0.15, 0.2) is 30.3 Å². The third-order valence-corrected chi connectivity index (χ3v) is 2.96. The molecule has 94 valence electrons. The average Bonchev–Trinajstić information content (AvgIpc) is 2.71. The lowest BCUT2D eigenvalue weighted by Crippen LogP contribution is -2.07. The number of nitrogen functional groups attached to an aromatic ring is 1. The molecule has 1 heterocycles. The number of benzene rings is 1. The molecule has 0 aliphatic rings. The van der Waals surface area contributed by atoms with E-state index in [9.17, 15) is 4.79 Å². The van der Waals surface area contributed by atoms with E-state index in [-0.39, 0.29) is 5.78 Å². The van der Waals surface area contributed by atoms with Crippen molar-refractivity contribution in [2.45, 2.75) is 19.8 Å². The molecule has 4 nitrogen and oxygen atoms in total. The summed E-state index contributed by atoms with van der Waals surface area (Å²) in [4.78, 5) is 12.1. The van der Waals surface area contributed by atoms with Gasteiger partial charge < -0.3 is 5.73 Å². The molecule has 1 aromatic carbocycles. The van der Waals surface area contributed by atoms with E-state index in [1.165, 1.54) is 0 Å². The highest BCUT2D eigenvalue weighted by Gasteiger charge is 2.11. The van der Waals surface area contributed by atoms with Crippen LogP contribution in [0.25, 0.3) is 0 Å².